The number of rotatable bonds is 4. The van der Waals surface area contributed by atoms with Gasteiger partial charge in [0.1, 0.15) is 0 Å². The monoisotopic (exact) mass is 315 g/mol. The van der Waals surface area contributed by atoms with Gasteiger partial charge in [0.05, 0.1) is 5.25 Å². The molecule has 3 rings (SSSR count). The van der Waals surface area contributed by atoms with Gasteiger partial charge in [0.25, 0.3) is 0 Å². The summed E-state index contributed by atoms with van der Waals surface area (Å²) in [6.07, 6.45) is 0. The standard InChI is InChI=1S/C18H21NO2S/c1-14-7-9-16(10-8-14)17-12-19(13-18(17)22(20)21)11-15-5-3-2-4-6-15/h2-10,17-18H,11-13H2,1H3,(H,20,21)/t17-,18+/m0/s1. The Morgan fingerprint density at radius 3 is 2.41 bits per heavy atom. The second-order valence-corrected chi connectivity index (χ2v) is 7.17. The normalized spacial score (nSPS) is 23.5. The van der Waals surface area contributed by atoms with Gasteiger partial charge in [-0.1, -0.05) is 60.2 Å². The number of likely N-dealkylation sites (tertiary alicyclic amines) is 1. The summed E-state index contributed by atoms with van der Waals surface area (Å²) in [4.78, 5) is 2.28. The number of benzene rings is 2. The van der Waals surface area contributed by atoms with Crippen LogP contribution in [0.4, 0.5) is 0 Å². The molecule has 0 aliphatic carbocycles. The number of hydrogen-bond acceptors (Lipinski definition) is 2. The van der Waals surface area contributed by atoms with Crippen LogP contribution >= 0.6 is 0 Å². The molecule has 1 saturated heterocycles. The third kappa shape index (κ3) is 3.46. The molecule has 0 spiro atoms. The lowest BCUT2D eigenvalue weighted by Gasteiger charge is -2.16. The van der Waals surface area contributed by atoms with Gasteiger partial charge in [-0.15, -0.1) is 0 Å². The molecule has 1 aliphatic heterocycles. The minimum Gasteiger partial charge on any atom is -0.306 e. The van der Waals surface area contributed by atoms with Crippen molar-refractivity contribution in [2.24, 2.45) is 0 Å². The van der Waals surface area contributed by atoms with Crippen LogP contribution in [0.3, 0.4) is 0 Å². The van der Waals surface area contributed by atoms with E-state index in [1.807, 2.05) is 18.2 Å². The van der Waals surface area contributed by atoms with E-state index in [0.717, 1.165) is 18.7 Å². The van der Waals surface area contributed by atoms with Gasteiger partial charge in [0.15, 0.2) is 11.1 Å². The lowest BCUT2D eigenvalue weighted by Crippen LogP contribution is -2.24. The quantitative estimate of drug-likeness (QED) is 0.881. The summed E-state index contributed by atoms with van der Waals surface area (Å²) in [5.74, 6) is 0.121. The van der Waals surface area contributed by atoms with E-state index in [-0.39, 0.29) is 11.2 Å². The zero-order chi connectivity index (χ0) is 15.5. The highest BCUT2D eigenvalue weighted by Crippen LogP contribution is 2.31. The Labute approximate surface area is 134 Å². The van der Waals surface area contributed by atoms with Crippen molar-refractivity contribution >= 4 is 11.1 Å². The largest absolute Gasteiger partial charge is 0.306 e. The van der Waals surface area contributed by atoms with E-state index in [2.05, 4.69) is 48.2 Å². The van der Waals surface area contributed by atoms with Crippen LogP contribution in [0, 0.1) is 6.92 Å². The second-order valence-electron chi connectivity index (χ2n) is 6.01. The molecule has 1 unspecified atom stereocenters. The molecule has 3 nitrogen and oxygen atoms in total. The van der Waals surface area contributed by atoms with Crippen molar-refractivity contribution < 1.29 is 8.76 Å². The minimum atomic E-state index is -1.80. The molecule has 3 atom stereocenters. The SMILES string of the molecule is Cc1ccc([C@@H]2CN(Cc3ccccc3)C[C@H]2S(=O)O)cc1. The average molecular weight is 315 g/mol. The predicted octanol–water partition coefficient (Wildman–Crippen LogP) is 3.18. The van der Waals surface area contributed by atoms with Crippen LogP contribution in [0.15, 0.2) is 54.6 Å². The fraction of sp³-hybridized carbons (Fsp3) is 0.333. The van der Waals surface area contributed by atoms with Crippen molar-refractivity contribution in [3.8, 4) is 0 Å². The molecule has 0 radical (unpaired) electrons. The maximum Gasteiger partial charge on any atom is 0.157 e. The molecule has 0 amide bonds. The molecular weight excluding hydrogens is 294 g/mol. The highest BCUT2D eigenvalue weighted by molar-refractivity contribution is 7.80. The molecule has 4 heteroatoms. The van der Waals surface area contributed by atoms with E-state index in [1.54, 1.807) is 0 Å². The summed E-state index contributed by atoms with van der Waals surface area (Å²) in [7, 11) is 0. The van der Waals surface area contributed by atoms with Crippen LogP contribution in [0.2, 0.25) is 0 Å². The number of aryl methyl sites for hydroxylation is 1. The Morgan fingerprint density at radius 1 is 1.09 bits per heavy atom. The summed E-state index contributed by atoms with van der Waals surface area (Å²) in [6, 6.07) is 18.6. The second kappa shape index (κ2) is 6.73. The summed E-state index contributed by atoms with van der Waals surface area (Å²) >= 11 is -1.80. The predicted molar refractivity (Wildman–Crippen MR) is 90.2 cm³/mol. The van der Waals surface area contributed by atoms with Gasteiger partial charge in [0, 0.05) is 25.6 Å². The van der Waals surface area contributed by atoms with Crippen molar-refractivity contribution in [2.75, 3.05) is 13.1 Å². The third-order valence-corrected chi connectivity index (χ3v) is 5.35. The molecule has 1 heterocycles. The topological polar surface area (TPSA) is 40.5 Å². The third-order valence-electron chi connectivity index (χ3n) is 4.36. The van der Waals surface area contributed by atoms with E-state index < -0.39 is 11.1 Å². The lowest BCUT2D eigenvalue weighted by molar-refractivity contribution is 0.326. The van der Waals surface area contributed by atoms with Gasteiger partial charge in [-0.3, -0.25) is 4.90 Å². The molecule has 2 aromatic carbocycles. The Morgan fingerprint density at radius 2 is 1.77 bits per heavy atom. The molecule has 1 N–H and O–H groups in total. The Hall–Kier alpha value is -1.49. The first-order chi connectivity index (χ1) is 10.6. The molecule has 2 aromatic rings. The zero-order valence-corrected chi connectivity index (χ0v) is 13.5. The Kier molecular flexibility index (Phi) is 4.71. The maximum atomic E-state index is 11.7. The van der Waals surface area contributed by atoms with Crippen LogP contribution < -0.4 is 0 Å². The van der Waals surface area contributed by atoms with Crippen LogP contribution in [0.1, 0.15) is 22.6 Å². The molecule has 22 heavy (non-hydrogen) atoms. The summed E-state index contributed by atoms with van der Waals surface area (Å²) in [5, 5.41) is -0.216. The maximum absolute atomic E-state index is 11.7. The fourth-order valence-corrected chi connectivity index (χ4v) is 4.02. The lowest BCUT2D eigenvalue weighted by atomic mass is 9.97. The van der Waals surface area contributed by atoms with Gasteiger partial charge < -0.3 is 4.55 Å². The molecule has 0 saturated carbocycles. The van der Waals surface area contributed by atoms with Crippen molar-refractivity contribution in [3.63, 3.8) is 0 Å². The van der Waals surface area contributed by atoms with Crippen LogP contribution in [0.25, 0.3) is 0 Å². The van der Waals surface area contributed by atoms with Crippen molar-refractivity contribution in [3.05, 3.63) is 71.3 Å². The van der Waals surface area contributed by atoms with E-state index in [9.17, 15) is 8.76 Å². The minimum absolute atomic E-state index is 0.121. The molecule has 116 valence electrons. The Balaban J connectivity index is 1.77. The molecule has 1 aliphatic rings. The summed E-state index contributed by atoms with van der Waals surface area (Å²) < 4.78 is 21.4. The van der Waals surface area contributed by atoms with Gasteiger partial charge in [0.2, 0.25) is 0 Å². The first-order valence-electron chi connectivity index (χ1n) is 7.56. The van der Waals surface area contributed by atoms with Gasteiger partial charge in [-0.2, -0.15) is 0 Å². The number of hydrogen-bond donors (Lipinski definition) is 1. The first-order valence-corrected chi connectivity index (χ1v) is 8.73. The summed E-state index contributed by atoms with van der Waals surface area (Å²) in [5.41, 5.74) is 3.62. The van der Waals surface area contributed by atoms with Crippen molar-refractivity contribution in [2.45, 2.75) is 24.6 Å². The van der Waals surface area contributed by atoms with Crippen LogP contribution in [0.5, 0.6) is 0 Å². The van der Waals surface area contributed by atoms with Crippen LogP contribution in [-0.2, 0) is 17.6 Å². The fourth-order valence-electron chi connectivity index (χ4n) is 3.16. The van der Waals surface area contributed by atoms with Crippen molar-refractivity contribution in [1.82, 2.24) is 4.90 Å². The van der Waals surface area contributed by atoms with Gasteiger partial charge in [-0.25, -0.2) is 4.21 Å². The highest BCUT2D eigenvalue weighted by Gasteiger charge is 2.37. The Bertz CT molecular complexity index is 642. The van der Waals surface area contributed by atoms with Crippen LogP contribution in [-0.4, -0.2) is 32.0 Å². The molecular formula is C18H21NO2S. The average Bonchev–Trinajstić information content (AvgIpc) is 2.93. The number of nitrogens with zero attached hydrogens (tertiary/aromatic N) is 1. The molecule has 0 bridgehead atoms. The van der Waals surface area contributed by atoms with Gasteiger partial charge >= 0.3 is 0 Å². The first kappa shape index (κ1) is 15.4. The van der Waals surface area contributed by atoms with E-state index >= 15 is 0 Å². The smallest absolute Gasteiger partial charge is 0.157 e. The van der Waals surface area contributed by atoms with Gasteiger partial charge in [-0.05, 0) is 18.1 Å². The highest BCUT2D eigenvalue weighted by atomic mass is 32.2. The molecule has 0 aromatic heterocycles. The van der Waals surface area contributed by atoms with E-state index in [0.29, 0.717) is 6.54 Å². The van der Waals surface area contributed by atoms with E-state index in [1.165, 1.54) is 11.1 Å². The van der Waals surface area contributed by atoms with E-state index in [4.69, 9.17) is 0 Å². The summed E-state index contributed by atoms with van der Waals surface area (Å²) in [6.45, 7) is 4.38. The molecule has 1 fully saturated rings. The van der Waals surface area contributed by atoms with Crippen molar-refractivity contribution in [1.29, 1.82) is 0 Å². The zero-order valence-electron chi connectivity index (χ0n) is 12.7.